The molecule has 144 valence electrons. The first-order valence-electron chi connectivity index (χ1n) is 8.05. The van der Waals surface area contributed by atoms with Crippen LogP contribution in [-0.2, 0) is 0 Å². The van der Waals surface area contributed by atoms with E-state index in [1.54, 1.807) is 6.92 Å². The summed E-state index contributed by atoms with van der Waals surface area (Å²) >= 11 is 0. The van der Waals surface area contributed by atoms with E-state index in [1.165, 1.54) is 47.3 Å². The van der Waals surface area contributed by atoms with Gasteiger partial charge in [-0.05, 0) is 43.3 Å². The van der Waals surface area contributed by atoms with Crippen LogP contribution in [0.5, 0.6) is 5.75 Å². The predicted molar refractivity (Wildman–Crippen MR) is 94.7 cm³/mol. The molecular weight excluding hydrogens is 375 g/mol. The summed E-state index contributed by atoms with van der Waals surface area (Å²) in [5, 5.41) is 6.77. The Balaban J connectivity index is 1.83. The number of carbonyl (C=O) groups excluding carboxylic acids is 2. The maximum atomic E-state index is 13.1. The molecule has 0 aliphatic heterocycles. The van der Waals surface area contributed by atoms with Gasteiger partial charge in [-0.25, -0.2) is 9.07 Å². The number of aldehydes is 1. The molecule has 0 bridgehead atoms. The van der Waals surface area contributed by atoms with E-state index in [0.717, 1.165) is 6.07 Å². The van der Waals surface area contributed by atoms with Gasteiger partial charge in [0.05, 0.1) is 22.5 Å². The number of anilines is 1. The van der Waals surface area contributed by atoms with Crippen LogP contribution in [0.3, 0.4) is 0 Å². The Kier molecular flexibility index (Phi) is 5.44. The summed E-state index contributed by atoms with van der Waals surface area (Å²) in [7, 11) is 0. The second-order valence-electron chi connectivity index (χ2n) is 5.75. The lowest BCUT2D eigenvalue weighted by Gasteiger charge is -2.10. The second-order valence-corrected chi connectivity index (χ2v) is 5.75. The van der Waals surface area contributed by atoms with Crippen molar-refractivity contribution in [3.05, 3.63) is 71.3 Å². The van der Waals surface area contributed by atoms with Crippen molar-refractivity contribution in [1.29, 1.82) is 0 Å². The van der Waals surface area contributed by atoms with Crippen molar-refractivity contribution in [2.75, 3.05) is 5.32 Å². The molecule has 1 N–H and O–H groups in total. The van der Waals surface area contributed by atoms with Crippen LogP contribution < -0.4 is 10.1 Å². The van der Waals surface area contributed by atoms with Crippen molar-refractivity contribution in [2.45, 2.75) is 13.5 Å². The van der Waals surface area contributed by atoms with Gasteiger partial charge in [0.15, 0.2) is 6.29 Å². The van der Waals surface area contributed by atoms with E-state index in [2.05, 4.69) is 15.2 Å². The fraction of sp³-hybridized carbons (Fsp3) is 0.105. The molecule has 1 aromatic heterocycles. The fourth-order valence-corrected chi connectivity index (χ4v) is 2.52. The zero-order chi connectivity index (χ0) is 20.3. The molecule has 0 saturated heterocycles. The molecule has 6 nitrogen and oxygen atoms in total. The van der Waals surface area contributed by atoms with E-state index in [1.807, 2.05) is 0 Å². The number of nitrogens with one attached hydrogen (secondary N) is 1. The lowest BCUT2D eigenvalue weighted by atomic mass is 10.2. The molecule has 3 aromatic rings. The monoisotopic (exact) mass is 389 g/mol. The first-order chi connectivity index (χ1) is 13.4. The first kappa shape index (κ1) is 19.2. The summed E-state index contributed by atoms with van der Waals surface area (Å²) in [5.74, 6) is -1.28. The van der Waals surface area contributed by atoms with Crippen LogP contribution in [0.2, 0.25) is 0 Å². The number of ether oxygens (including phenoxy) is 1. The van der Waals surface area contributed by atoms with E-state index < -0.39 is 18.3 Å². The number of hydrogen-bond donors (Lipinski definition) is 1. The Hall–Kier alpha value is -3.62. The van der Waals surface area contributed by atoms with Crippen LogP contribution >= 0.6 is 0 Å². The van der Waals surface area contributed by atoms with Gasteiger partial charge >= 0.3 is 6.61 Å². The average molecular weight is 389 g/mol. The lowest BCUT2D eigenvalue weighted by molar-refractivity contribution is -0.0500. The number of hydrogen-bond acceptors (Lipinski definition) is 4. The molecule has 0 saturated carbocycles. The number of aryl methyl sites for hydroxylation is 1. The van der Waals surface area contributed by atoms with Crippen LogP contribution in [0.15, 0.2) is 48.7 Å². The van der Waals surface area contributed by atoms with E-state index in [4.69, 9.17) is 0 Å². The van der Waals surface area contributed by atoms with Crippen molar-refractivity contribution < 1.29 is 27.5 Å². The van der Waals surface area contributed by atoms with Crippen LogP contribution in [0.25, 0.3) is 5.69 Å². The van der Waals surface area contributed by atoms with Crippen LogP contribution in [0.4, 0.5) is 18.9 Å². The second kappa shape index (κ2) is 7.95. The third-order valence-electron chi connectivity index (χ3n) is 3.85. The van der Waals surface area contributed by atoms with Crippen molar-refractivity contribution >= 4 is 17.9 Å². The van der Waals surface area contributed by atoms with Crippen molar-refractivity contribution in [3.63, 3.8) is 0 Å². The summed E-state index contributed by atoms with van der Waals surface area (Å²) in [6.07, 6.45) is 1.84. The Morgan fingerprint density at radius 3 is 2.57 bits per heavy atom. The highest BCUT2D eigenvalue weighted by Crippen LogP contribution is 2.24. The molecule has 0 fully saturated rings. The van der Waals surface area contributed by atoms with Gasteiger partial charge in [-0.2, -0.15) is 13.9 Å². The summed E-state index contributed by atoms with van der Waals surface area (Å²) < 4.78 is 43.7. The molecule has 1 heterocycles. The van der Waals surface area contributed by atoms with Crippen molar-refractivity contribution in [2.24, 2.45) is 0 Å². The molecule has 2 aromatic carbocycles. The minimum Gasteiger partial charge on any atom is -0.434 e. The van der Waals surface area contributed by atoms with Gasteiger partial charge < -0.3 is 10.1 Å². The largest absolute Gasteiger partial charge is 0.434 e. The molecule has 0 aliphatic rings. The number of rotatable bonds is 6. The Morgan fingerprint density at radius 1 is 1.21 bits per heavy atom. The number of alkyl halides is 2. The number of halogens is 3. The highest BCUT2D eigenvalue weighted by molar-refractivity contribution is 6.05. The summed E-state index contributed by atoms with van der Waals surface area (Å²) in [6.45, 7) is -1.49. The zero-order valence-electron chi connectivity index (χ0n) is 14.5. The molecular formula is C19H14F3N3O3. The first-order valence-corrected chi connectivity index (χ1v) is 8.05. The molecule has 3 rings (SSSR count). The van der Waals surface area contributed by atoms with Gasteiger partial charge in [-0.3, -0.25) is 9.59 Å². The zero-order valence-corrected chi connectivity index (χ0v) is 14.5. The smallest absolute Gasteiger partial charge is 0.387 e. The summed E-state index contributed by atoms with van der Waals surface area (Å²) in [4.78, 5) is 23.5. The average Bonchev–Trinajstić information content (AvgIpc) is 3.04. The van der Waals surface area contributed by atoms with Gasteiger partial charge in [0.25, 0.3) is 5.91 Å². The van der Waals surface area contributed by atoms with E-state index in [-0.39, 0.29) is 22.6 Å². The number of aromatic nitrogens is 2. The third-order valence-corrected chi connectivity index (χ3v) is 3.85. The van der Waals surface area contributed by atoms with Crippen LogP contribution in [0, 0.1) is 12.7 Å². The van der Waals surface area contributed by atoms with Gasteiger partial charge in [0, 0.05) is 18.0 Å². The minimum absolute atomic E-state index is 0.0707. The Bertz CT molecular complexity index is 1020. The van der Waals surface area contributed by atoms with Gasteiger partial charge in [-0.1, -0.05) is 0 Å². The maximum Gasteiger partial charge on any atom is 0.387 e. The molecule has 1 amide bonds. The topological polar surface area (TPSA) is 73.2 Å². The standard InChI is InChI=1S/C19H14F3N3O3/c1-11-16(9-25(24-11)15-6-3-13(20)4-7-15)18(27)23-14-5-2-12(10-26)17(8-14)28-19(21)22/h2-10,19H,1H3,(H,23,27). The summed E-state index contributed by atoms with van der Waals surface area (Å²) in [6, 6.07) is 9.34. The minimum atomic E-state index is -3.11. The highest BCUT2D eigenvalue weighted by Gasteiger charge is 2.16. The fourth-order valence-electron chi connectivity index (χ4n) is 2.52. The Labute approximate surface area is 157 Å². The van der Waals surface area contributed by atoms with Crippen molar-refractivity contribution in [1.82, 2.24) is 9.78 Å². The van der Waals surface area contributed by atoms with Crippen LogP contribution in [-0.4, -0.2) is 28.6 Å². The normalized spacial score (nSPS) is 10.8. The quantitative estimate of drug-likeness (QED) is 0.647. The number of benzene rings is 2. The number of nitrogens with zero attached hydrogens (tertiary/aromatic N) is 2. The Morgan fingerprint density at radius 2 is 1.93 bits per heavy atom. The predicted octanol–water partition coefficient (Wildman–Crippen LogP) is 3.99. The highest BCUT2D eigenvalue weighted by atomic mass is 19.3. The maximum absolute atomic E-state index is 13.1. The lowest BCUT2D eigenvalue weighted by Crippen LogP contribution is -2.13. The molecule has 0 aliphatic carbocycles. The molecule has 0 radical (unpaired) electrons. The molecule has 0 atom stereocenters. The van der Waals surface area contributed by atoms with Gasteiger partial charge in [0.1, 0.15) is 11.6 Å². The van der Waals surface area contributed by atoms with E-state index in [9.17, 15) is 22.8 Å². The van der Waals surface area contributed by atoms with Gasteiger partial charge in [0.2, 0.25) is 0 Å². The number of carbonyl (C=O) groups is 2. The molecule has 28 heavy (non-hydrogen) atoms. The van der Waals surface area contributed by atoms with E-state index >= 15 is 0 Å². The van der Waals surface area contributed by atoms with Crippen molar-refractivity contribution in [3.8, 4) is 11.4 Å². The third kappa shape index (κ3) is 4.20. The molecule has 9 heteroatoms. The number of amides is 1. The van der Waals surface area contributed by atoms with Crippen LogP contribution in [0.1, 0.15) is 26.4 Å². The molecule has 0 unspecified atom stereocenters. The van der Waals surface area contributed by atoms with E-state index in [0.29, 0.717) is 17.7 Å². The summed E-state index contributed by atoms with van der Waals surface area (Å²) in [5.41, 5.74) is 1.31. The SMILES string of the molecule is Cc1nn(-c2ccc(F)cc2)cc1C(=O)Nc1ccc(C=O)c(OC(F)F)c1. The van der Waals surface area contributed by atoms with Gasteiger partial charge in [-0.15, -0.1) is 0 Å². The molecule has 0 spiro atoms.